The van der Waals surface area contributed by atoms with E-state index in [-0.39, 0.29) is 17.7 Å². The molecule has 0 saturated heterocycles. The number of carbonyl (C=O) groups is 2. The number of aliphatic carboxylic acids is 1. The first-order chi connectivity index (χ1) is 9.56. The van der Waals surface area contributed by atoms with Crippen molar-refractivity contribution < 1.29 is 19.4 Å². The Morgan fingerprint density at radius 1 is 1.10 bits per heavy atom. The highest BCUT2D eigenvalue weighted by Crippen LogP contribution is 2.18. The number of carbonyl (C=O) groups excluding carboxylic acids is 1. The van der Waals surface area contributed by atoms with Crippen molar-refractivity contribution in [3.8, 4) is 5.75 Å². The highest BCUT2D eigenvalue weighted by Gasteiger charge is 2.12. The number of carboxylic acids is 1. The Kier molecular flexibility index (Phi) is 4.00. The Morgan fingerprint density at radius 2 is 1.85 bits per heavy atom. The summed E-state index contributed by atoms with van der Waals surface area (Å²) in [6, 6.07) is 13.0. The van der Waals surface area contributed by atoms with E-state index in [1.807, 2.05) is 0 Å². The van der Waals surface area contributed by atoms with Gasteiger partial charge in [0.1, 0.15) is 5.75 Å². The lowest BCUT2D eigenvalue weighted by Gasteiger charge is -2.07. The van der Waals surface area contributed by atoms with Crippen LogP contribution in [0.5, 0.6) is 5.75 Å². The van der Waals surface area contributed by atoms with Gasteiger partial charge in [0.15, 0.2) is 0 Å². The van der Waals surface area contributed by atoms with E-state index in [1.54, 1.807) is 42.5 Å². The molecule has 20 heavy (non-hydrogen) atoms. The third-order valence-corrected chi connectivity index (χ3v) is 2.65. The molecular weight excluding hydrogens is 258 g/mol. The molecule has 2 rings (SSSR count). The number of anilines is 1. The molecule has 0 unspecified atom stereocenters. The van der Waals surface area contributed by atoms with Crippen molar-refractivity contribution in [1.29, 1.82) is 0 Å². The van der Waals surface area contributed by atoms with Gasteiger partial charge in [0, 0.05) is 5.69 Å². The fourth-order valence-electron chi connectivity index (χ4n) is 1.74. The lowest BCUT2D eigenvalue weighted by Crippen LogP contribution is -2.11. The van der Waals surface area contributed by atoms with Gasteiger partial charge >= 0.3 is 11.9 Å². The highest BCUT2D eigenvalue weighted by molar-refractivity contribution is 5.96. The van der Waals surface area contributed by atoms with Crippen molar-refractivity contribution in [1.82, 2.24) is 0 Å². The average Bonchev–Trinajstić information content (AvgIpc) is 2.38. The molecule has 2 aromatic rings. The Labute approximate surface area is 115 Å². The molecule has 0 saturated carbocycles. The Bertz CT molecular complexity index is 652. The minimum atomic E-state index is -0.944. The van der Waals surface area contributed by atoms with E-state index in [9.17, 15) is 9.59 Å². The second kappa shape index (κ2) is 5.88. The van der Waals surface area contributed by atoms with Crippen molar-refractivity contribution in [2.24, 2.45) is 0 Å². The van der Waals surface area contributed by atoms with Crippen LogP contribution >= 0.6 is 0 Å². The average molecular weight is 271 g/mol. The summed E-state index contributed by atoms with van der Waals surface area (Å²) in [6.07, 6.45) is -0.126. The standard InChI is InChI=1S/C15H13NO4/c16-13-7-2-1-6-12(13)15(19)20-11-5-3-4-10(8-11)9-14(17)18/h1-8H,9,16H2,(H,17,18). The van der Waals surface area contributed by atoms with E-state index in [1.165, 1.54) is 6.07 Å². The molecule has 0 aliphatic rings. The van der Waals surface area contributed by atoms with Crippen LogP contribution < -0.4 is 10.5 Å². The van der Waals surface area contributed by atoms with Gasteiger partial charge in [-0.25, -0.2) is 4.79 Å². The molecule has 0 amide bonds. The number of carboxylic acid groups (broad SMARTS) is 1. The number of esters is 1. The van der Waals surface area contributed by atoms with Crippen LogP contribution in [0.15, 0.2) is 48.5 Å². The molecule has 5 heteroatoms. The zero-order valence-corrected chi connectivity index (χ0v) is 10.6. The summed E-state index contributed by atoms with van der Waals surface area (Å²) >= 11 is 0. The molecule has 0 aromatic heterocycles. The Balaban J connectivity index is 2.16. The molecule has 0 spiro atoms. The normalized spacial score (nSPS) is 10.0. The topological polar surface area (TPSA) is 89.6 Å². The lowest BCUT2D eigenvalue weighted by atomic mass is 10.1. The van der Waals surface area contributed by atoms with Crippen molar-refractivity contribution in [3.05, 3.63) is 59.7 Å². The molecule has 5 nitrogen and oxygen atoms in total. The van der Waals surface area contributed by atoms with Crippen molar-refractivity contribution in [2.45, 2.75) is 6.42 Å². The zero-order chi connectivity index (χ0) is 14.5. The van der Waals surface area contributed by atoms with Gasteiger partial charge in [-0.15, -0.1) is 0 Å². The predicted octanol–water partition coefficient (Wildman–Crippen LogP) is 2.12. The number of benzene rings is 2. The maximum Gasteiger partial charge on any atom is 0.345 e. The summed E-state index contributed by atoms with van der Waals surface area (Å²) in [5.41, 5.74) is 6.86. The van der Waals surface area contributed by atoms with Gasteiger partial charge in [-0.1, -0.05) is 24.3 Å². The molecule has 2 aromatic carbocycles. The smallest absolute Gasteiger partial charge is 0.345 e. The van der Waals surface area contributed by atoms with E-state index < -0.39 is 11.9 Å². The second-order valence-electron chi connectivity index (χ2n) is 4.19. The molecule has 0 aliphatic heterocycles. The Hall–Kier alpha value is -2.82. The number of ether oxygens (including phenoxy) is 1. The van der Waals surface area contributed by atoms with Gasteiger partial charge in [0.25, 0.3) is 0 Å². The van der Waals surface area contributed by atoms with E-state index >= 15 is 0 Å². The Morgan fingerprint density at radius 3 is 2.55 bits per heavy atom. The van der Waals surface area contributed by atoms with Crippen LogP contribution in [-0.2, 0) is 11.2 Å². The molecule has 0 heterocycles. The third-order valence-electron chi connectivity index (χ3n) is 2.65. The summed E-state index contributed by atoms with van der Waals surface area (Å²) in [5, 5.41) is 8.73. The van der Waals surface area contributed by atoms with Crippen LogP contribution in [0.3, 0.4) is 0 Å². The number of nitrogen functional groups attached to an aromatic ring is 1. The maximum atomic E-state index is 11.9. The first-order valence-electron chi connectivity index (χ1n) is 5.93. The minimum absolute atomic E-state index is 0.126. The fourth-order valence-corrected chi connectivity index (χ4v) is 1.74. The third kappa shape index (κ3) is 3.35. The summed E-state index contributed by atoms with van der Waals surface area (Å²) in [4.78, 5) is 22.6. The van der Waals surface area contributed by atoms with Crippen LogP contribution in [0, 0.1) is 0 Å². The van der Waals surface area contributed by atoms with Crippen molar-refractivity contribution in [3.63, 3.8) is 0 Å². The van der Waals surface area contributed by atoms with Crippen LogP contribution in [-0.4, -0.2) is 17.0 Å². The lowest BCUT2D eigenvalue weighted by molar-refractivity contribution is -0.136. The molecule has 0 bridgehead atoms. The first kappa shape index (κ1) is 13.6. The fraction of sp³-hybridized carbons (Fsp3) is 0.0667. The van der Waals surface area contributed by atoms with Gasteiger partial charge in [-0.05, 0) is 29.8 Å². The van der Waals surface area contributed by atoms with Gasteiger partial charge in [0.05, 0.1) is 12.0 Å². The van der Waals surface area contributed by atoms with Gasteiger partial charge < -0.3 is 15.6 Å². The summed E-state index contributed by atoms with van der Waals surface area (Å²) < 4.78 is 5.19. The summed E-state index contributed by atoms with van der Waals surface area (Å²) in [5.74, 6) is -1.23. The van der Waals surface area contributed by atoms with E-state index in [4.69, 9.17) is 15.6 Å². The van der Waals surface area contributed by atoms with Gasteiger partial charge in [-0.2, -0.15) is 0 Å². The SMILES string of the molecule is Nc1ccccc1C(=O)Oc1cccc(CC(=O)O)c1. The van der Waals surface area contributed by atoms with Gasteiger partial charge in [0.2, 0.25) is 0 Å². The number of hydrogen-bond acceptors (Lipinski definition) is 4. The van der Waals surface area contributed by atoms with Crippen LogP contribution in [0.4, 0.5) is 5.69 Å². The first-order valence-corrected chi connectivity index (χ1v) is 5.93. The summed E-state index contributed by atoms with van der Waals surface area (Å²) in [7, 11) is 0. The van der Waals surface area contributed by atoms with Gasteiger partial charge in [-0.3, -0.25) is 4.79 Å². The minimum Gasteiger partial charge on any atom is -0.481 e. The van der Waals surface area contributed by atoms with Crippen LogP contribution in [0.2, 0.25) is 0 Å². The molecule has 102 valence electrons. The zero-order valence-electron chi connectivity index (χ0n) is 10.6. The number of para-hydroxylation sites is 1. The van der Waals surface area contributed by atoms with Crippen LogP contribution in [0.1, 0.15) is 15.9 Å². The highest BCUT2D eigenvalue weighted by atomic mass is 16.5. The van der Waals surface area contributed by atoms with E-state index in [2.05, 4.69) is 0 Å². The number of hydrogen-bond donors (Lipinski definition) is 2. The molecular formula is C15H13NO4. The molecule has 0 aliphatic carbocycles. The molecule has 3 N–H and O–H groups in total. The largest absolute Gasteiger partial charge is 0.481 e. The molecule has 0 radical (unpaired) electrons. The predicted molar refractivity (Wildman–Crippen MR) is 73.6 cm³/mol. The summed E-state index contributed by atoms with van der Waals surface area (Å²) in [6.45, 7) is 0. The number of nitrogens with two attached hydrogens (primary N) is 1. The van der Waals surface area contributed by atoms with Crippen LogP contribution in [0.25, 0.3) is 0 Å². The second-order valence-corrected chi connectivity index (χ2v) is 4.19. The maximum absolute atomic E-state index is 11.9. The number of rotatable bonds is 4. The monoisotopic (exact) mass is 271 g/mol. The quantitative estimate of drug-likeness (QED) is 0.505. The molecule has 0 atom stereocenters. The van der Waals surface area contributed by atoms with E-state index in [0.29, 0.717) is 11.3 Å². The molecule has 0 fully saturated rings. The van der Waals surface area contributed by atoms with Crippen molar-refractivity contribution in [2.75, 3.05) is 5.73 Å². The van der Waals surface area contributed by atoms with E-state index in [0.717, 1.165) is 0 Å². The van der Waals surface area contributed by atoms with Crippen molar-refractivity contribution >= 4 is 17.6 Å².